The molecule has 4 aromatic carbocycles. The van der Waals surface area contributed by atoms with Crippen LogP contribution in [0.5, 0.6) is 0 Å². The molecular weight excluding hydrogens is 414 g/mol. The van der Waals surface area contributed by atoms with Crippen molar-refractivity contribution in [2.75, 3.05) is 19.5 Å². The standard InChI is InChI=1S/C23H23NO2.CH4O3S/c1-23(14-25,15-26)24-13-16-6-7-18-9-10-20-19-5-3-2-4-17(19)8-11-21(20)22(18)12-16;1-5(2,3)4/h2-12,24-26H,13-15H2,1H3;1H3,(H,2,3,4). The number of aliphatic hydroxyl groups excluding tert-OH is 2. The van der Waals surface area contributed by atoms with E-state index in [0.717, 1.165) is 5.56 Å². The number of hydrogen-bond donors (Lipinski definition) is 4. The zero-order valence-electron chi connectivity index (χ0n) is 17.5. The van der Waals surface area contributed by atoms with Crippen molar-refractivity contribution in [1.82, 2.24) is 5.32 Å². The fourth-order valence-corrected chi connectivity index (χ4v) is 3.45. The molecule has 0 aliphatic rings. The summed E-state index contributed by atoms with van der Waals surface area (Å²) in [5.74, 6) is 0. The van der Waals surface area contributed by atoms with Crippen LogP contribution < -0.4 is 5.32 Å². The van der Waals surface area contributed by atoms with Crippen molar-refractivity contribution in [3.05, 3.63) is 72.3 Å². The SMILES string of the molecule is CC(CO)(CO)NCc1ccc2ccc3c4ccccc4ccc3c2c1.CS(=O)(=O)O. The Bertz CT molecular complexity index is 1310. The number of nitrogens with one attached hydrogen (secondary N) is 1. The van der Waals surface area contributed by atoms with Gasteiger partial charge in [0.05, 0.1) is 25.0 Å². The minimum atomic E-state index is -3.67. The fraction of sp³-hybridized carbons (Fsp3) is 0.250. The predicted molar refractivity (Wildman–Crippen MR) is 126 cm³/mol. The van der Waals surface area contributed by atoms with Crippen molar-refractivity contribution in [2.24, 2.45) is 0 Å². The van der Waals surface area contributed by atoms with Gasteiger partial charge in [-0.2, -0.15) is 8.42 Å². The molecule has 0 unspecified atom stereocenters. The van der Waals surface area contributed by atoms with Gasteiger partial charge in [0.15, 0.2) is 0 Å². The van der Waals surface area contributed by atoms with Crippen molar-refractivity contribution >= 4 is 42.4 Å². The Morgan fingerprint density at radius 2 is 1.32 bits per heavy atom. The van der Waals surface area contributed by atoms with E-state index in [2.05, 4.69) is 72.0 Å². The van der Waals surface area contributed by atoms with Crippen LogP contribution in [-0.4, -0.2) is 48.2 Å². The highest BCUT2D eigenvalue weighted by Gasteiger charge is 2.21. The maximum Gasteiger partial charge on any atom is 0.261 e. The van der Waals surface area contributed by atoms with E-state index < -0.39 is 15.7 Å². The lowest BCUT2D eigenvalue weighted by molar-refractivity contribution is 0.103. The van der Waals surface area contributed by atoms with Crippen LogP contribution in [0.3, 0.4) is 0 Å². The van der Waals surface area contributed by atoms with Gasteiger partial charge in [-0.3, -0.25) is 4.55 Å². The maximum atomic E-state index is 9.45. The van der Waals surface area contributed by atoms with Crippen LogP contribution in [0.1, 0.15) is 12.5 Å². The number of benzene rings is 4. The minimum absolute atomic E-state index is 0.105. The van der Waals surface area contributed by atoms with E-state index in [1.807, 2.05) is 6.92 Å². The topological polar surface area (TPSA) is 107 Å². The highest BCUT2D eigenvalue weighted by Crippen LogP contribution is 2.31. The summed E-state index contributed by atoms with van der Waals surface area (Å²) in [4.78, 5) is 0. The summed E-state index contributed by atoms with van der Waals surface area (Å²) in [7, 11) is -3.67. The predicted octanol–water partition coefficient (Wildman–Crippen LogP) is 3.48. The third-order valence-corrected chi connectivity index (χ3v) is 5.23. The molecule has 4 N–H and O–H groups in total. The largest absolute Gasteiger partial charge is 0.394 e. The van der Waals surface area contributed by atoms with E-state index in [0.29, 0.717) is 12.8 Å². The second-order valence-electron chi connectivity index (χ2n) is 7.97. The molecule has 6 nitrogen and oxygen atoms in total. The number of aliphatic hydroxyl groups is 2. The van der Waals surface area contributed by atoms with Crippen LogP contribution in [-0.2, 0) is 16.7 Å². The van der Waals surface area contributed by atoms with Crippen LogP contribution in [0.15, 0.2) is 66.7 Å². The highest BCUT2D eigenvalue weighted by molar-refractivity contribution is 7.85. The number of hydrogen-bond acceptors (Lipinski definition) is 5. The molecule has 164 valence electrons. The van der Waals surface area contributed by atoms with Gasteiger partial charge >= 0.3 is 0 Å². The summed E-state index contributed by atoms with van der Waals surface area (Å²) in [6.45, 7) is 2.20. The molecule has 0 atom stereocenters. The van der Waals surface area contributed by atoms with E-state index in [1.165, 1.54) is 32.3 Å². The second-order valence-corrected chi connectivity index (χ2v) is 9.43. The lowest BCUT2D eigenvalue weighted by Gasteiger charge is -2.26. The maximum absolute atomic E-state index is 9.45. The molecule has 7 heteroatoms. The monoisotopic (exact) mass is 441 g/mol. The van der Waals surface area contributed by atoms with Gasteiger partial charge in [0.25, 0.3) is 10.1 Å². The number of rotatable bonds is 5. The van der Waals surface area contributed by atoms with E-state index in [4.69, 9.17) is 4.55 Å². The first kappa shape index (κ1) is 23.1. The molecule has 4 rings (SSSR count). The van der Waals surface area contributed by atoms with E-state index >= 15 is 0 Å². The molecule has 0 aliphatic carbocycles. The summed E-state index contributed by atoms with van der Waals surface area (Å²) >= 11 is 0. The van der Waals surface area contributed by atoms with Gasteiger partial charge in [0.2, 0.25) is 0 Å². The molecule has 0 aliphatic heterocycles. The zero-order valence-corrected chi connectivity index (χ0v) is 18.4. The van der Waals surface area contributed by atoms with Gasteiger partial charge in [-0.15, -0.1) is 0 Å². The summed E-state index contributed by atoms with van der Waals surface area (Å²) in [5, 5.41) is 29.6. The first-order valence-corrected chi connectivity index (χ1v) is 11.7. The quantitative estimate of drug-likeness (QED) is 0.279. The van der Waals surface area contributed by atoms with Gasteiger partial charge in [0.1, 0.15) is 0 Å². The van der Waals surface area contributed by atoms with Crippen molar-refractivity contribution < 1.29 is 23.2 Å². The Hall–Kier alpha value is -2.55. The van der Waals surface area contributed by atoms with Gasteiger partial charge in [-0.25, -0.2) is 0 Å². The molecule has 0 bridgehead atoms. The van der Waals surface area contributed by atoms with Crippen molar-refractivity contribution in [3.63, 3.8) is 0 Å². The highest BCUT2D eigenvalue weighted by atomic mass is 32.2. The Morgan fingerprint density at radius 1 is 0.806 bits per heavy atom. The molecule has 0 saturated carbocycles. The van der Waals surface area contributed by atoms with Crippen LogP contribution in [0, 0.1) is 0 Å². The smallest absolute Gasteiger partial charge is 0.261 e. The normalized spacial score (nSPS) is 12.2. The van der Waals surface area contributed by atoms with Crippen LogP contribution in [0.2, 0.25) is 0 Å². The molecule has 0 saturated heterocycles. The first-order valence-electron chi connectivity index (χ1n) is 9.86. The third kappa shape index (κ3) is 5.78. The second kappa shape index (κ2) is 9.30. The lowest BCUT2D eigenvalue weighted by Crippen LogP contribution is -2.48. The van der Waals surface area contributed by atoms with E-state index in [9.17, 15) is 18.6 Å². The van der Waals surface area contributed by atoms with Crippen LogP contribution in [0.4, 0.5) is 0 Å². The van der Waals surface area contributed by atoms with Crippen molar-refractivity contribution in [1.29, 1.82) is 0 Å². The Kier molecular flexibility index (Phi) is 6.93. The molecule has 0 amide bonds. The number of fused-ring (bicyclic) bond motifs is 5. The molecule has 0 radical (unpaired) electrons. The lowest BCUT2D eigenvalue weighted by atomic mass is 9.96. The van der Waals surface area contributed by atoms with Gasteiger partial charge < -0.3 is 15.5 Å². The van der Waals surface area contributed by atoms with E-state index in [1.54, 1.807) is 0 Å². The molecule has 31 heavy (non-hydrogen) atoms. The summed E-state index contributed by atoms with van der Waals surface area (Å²) < 4.78 is 25.9. The van der Waals surface area contributed by atoms with Crippen LogP contribution in [0.25, 0.3) is 32.3 Å². The third-order valence-electron chi connectivity index (χ3n) is 5.23. The van der Waals surface area contributed by atoms with Gasteiger partial charge in [-0.05, 0) is 50.9 Å². The van der Waals surface area contributed by atoms with Gasteiger partial charge in [-0.1, -0.05) is 60.7 Å². The molecule has 0 fully saturated rings. The average Bonchev–Trinajstić information content (AvgIpc) is 2.75. The van der Waals surface area contributed by atoms with E-state index in [-0.39, 0.29) is 13.2 Å². The van der Waals surface area contributed by atoms with Crippen molar-refractivity contribution in [3.8, 4) is 0 Å². The fourth-order valence-electron chi connectivity index (χ4n) is 3.45. The summed E-state index contributed by atoms with van der Waals surface area (Å²) in [6, 6.07) is 23.6. The zero-order chi connectivity index (χ0) is 22.6. The molecule has 0 heterocycles. The van der Waals surface area contributed by atoms with Gasteiger partial charge in [0, 0.05) is 6.54 Å². The Balaban J connectivity index is 0.000000491. The molecule has 0 spiro atoms. The minimum Gasteiger partial charge on any atom is -0.394 e. The average molecular weight is 442 g/mol. The summed E-state index contributed by atoms with van der Waals surface area (Å²) in [5.41, 5.74) is 0.454. The molecule has 4 aromatic rings. The molecule has 0 aromatic heterocycles. The Morgan fingerprint density at radius 3 is 1.94 bits per heavy atom. The first-order chi connectivity index (χ1) is 14.6. The van der Waals surface area contributed by atoms with Crippen molar-refractivity contribution in [2.45, 2.75) is 19.0 Å². The van der Waals surface area contributed by atoms with Crippen LogP contribution >= 0.6 is 0 Å². The Labute approximate surface area is 181 Å². The summed E-state index contributed by atoms with van der Waals surface area (Å²) in [6.07, 6.45) is 0.715. The molecular formula is C24H27NO5S.